The summed E-state index contributed by atoms with van der Waals surface area (Å²) in [5.41, 5.74) is 0.654. The minimum atomic E-state index is -0.419. The first-order chi connectivity index (χ1) is 6.77. The lowest BCUT2D eigenvalue weighted by Crippen LogP contribution is -1.87. The van der Waals surface area contributed by atoms with Crippen molar-refractivity contribution in [3.63, 3.8) is 0 Å². The van der Waals surface area contributed by atoms with Crippen LogP contribution in [0.5, 0.6) is 0 Å². The highest BCUT2D eigenvalue weighted by Crippen LogP contribution is 2.07. The number of carbonyl (C=O) groups excluding carboxylic acids is 1. The molecule has 0 aromatic heterocycles. The highest BCUT2D eigenvalue weighted by atomic mass is 35.5. The fraction of sp³-hybridized carbons (Fsp3) is 0.182. The van der Waals surface area contributed by atoms with Crippen LogP contribution in [0, 0.1) is 17.7 Å². The molecule has 3 heteroatoms. The van der Waals surface area contributed by atoms with Crippen molar-refractivity contribution in [2.24, 2.45) is 0 Å². The first-order valence-corrected chi connectivity index (χ1v) is 4.61. The summed E-state index contributed by atoms with van der Waals surface area (Å²) in [4.78, 5) is 10.4. The summed E-state index contributed by atoms with van der Waals surface area (Å²) < 4.78 is 13.1. The van der Waals surface area contributed by atoms with Gasteiger partial charge in [-0.2, -0.15) is 0 Å². The largest absolute Gasteiger partial charge is 0.298 e. The van der Waals surface area contributed by atoms with Crippen molar-refractivity contribution in [1.82, 2.24) is 0 Å². The molecular weight excluding hydrogens is 203 g/mol. The van der Waals surface area contributed by atoms with Gasteiger partial charge in [0, 0.05) is 17.9 Å². The van der Waals surface area contributed by atoms with Crippen molar-refractivity contribution in [3.05, 3.63) is 35.1 Å². The summed E-state index contributed by atoms with van der Waals surface area (Å²) in [5, 5.41) is 0. The third-order valence-corrected chi connectivity index (χ3v) is 1.76. The molecule has 0 atom stereocenters. The van der Waals surface area contributed by atoms with E-state index in [1.807, 2.05) is 0 Å². The van der Waals surface area contributed by atoms with Crippen LogP contribution in [0.15, 0.2) is 18.2 Å². The zero-order valence-electron chi connectivity index (χ0n) is 7.39. The Balaban J connectivity index is 2.96. The Labute approximate surface area is 86.9 Å². The predicted octanol–water partition coefficient (Wildman–Crippen LogP) is 2.62. The van der Waals surface area contributed by atoms with Crippen LogP contribution in [0.3, 0.4) is 0 Å². The Morgan fingerprint density at radius 1 is 1.50 bits per heavy atom. The van der Waals surface area contributed by atoms with Crippen molar-refractivity contribution in [2.45, 2.75) is 6.42 Å². The molecule has 0 bridgehead atoms. The van der Waals surface area contributed by atoms with Gasteiger partial charge >= 0.3 is 0 Å². The lowest BCUT2D eigenvalue weighted by atomic mass is 10.1. The van der Waals surface area contributed by atoms with Gasteiger partial charge in [-0.1, -0.05) is 11.8 Å². The smallest absolute Gasteiger partial charge is 0.150 e. The minimum absolute atomic E-state index is 0.236. The van der Waals surface area contributed by atoms with Gasteiger partial charge in [-0.25, -0.2) is 4.39 Å². The van der Waals surface area contributed by atoms with Gasteiger partial charge in [-0.15, -0.1) is 11.6 Å². The van der Waals surface area contributed by atoms with Gasteiger partial charge < -0.3 is 0 Å². The van der Waals surface area contributed by atoms with E-state index in [4.69, 9.17) is 11.6 Å². The standard InChI is InChI=1S/C11H8ClFO/c12-6-2-1-3-10-7-9(8-14)4-5-11(10)13/h4-5,7-8H,2,6H2. The molecule has 0 N–H and O–H groups in total. The molecule has 1 rings (SSSR count). The molecule has 0 aliphatic carbocycles. The van der Waals surface area contributed by atoms with Crippen LogP contribution in [0.1, 0.15) is 22.3 Å². The molecule has 1 aromatic carbocycles. The minimum Gasteiger partial charge on any atom is -0.298 e. The average Bonchev–Trinajstić information content (AvgIpc) is 2.21. The van der Waals surface area contributed by atoms with Crippen molar-refractivity contribution in [1.29, 1.82) is 0 Å². The molecule has 1 nitrogen and oxygen atoms in total. The Morgan fingerprint density at radius 3 is 2.93 bits per heavy atom. The molecule has 0 spiro atoms. The summed E-state index contributed by atoms with van der Waals surface area (Å²) >= 11 is 5.41. The number of hydrogen-bond acceptors (Lipinski definition) is 1. The summed E-state index contributed by atoms with van der Waals surface area (Å²) in [6.07, 6.45) is 1.17. The number of halogens is 2. The first kappa shape index (κ1) is 10.7. The molecular formula is C11H8ClFO. The molecule has 0 heterocycles. The van der Waals surface area contributed by atoms with E-state index in [-0.39, 0.29) is 5.56 Å². The molecule has 0 aliphatic heterocycles. The second-order valence-corrected chi connectivity index (χ2v) is 2.98. The fourth-order valence-electron chi connectivity index (χ4n) is 0.917. The van der Waals surface area contributed by atoms with E-state index < -0.39 is 5.82 Å². The molecule has 1 aromatic rings. The predicted molar refractivity (Wildman–Crippen MR) is 54.0 cm³/mol. The summed E-state index contributed by atoms with van der Waals surface area (Å²) in [5.74, 6) is 5.33. The lowest BCUT2D eigenvalue weighted by molar-refractivity contribution is 0.112. The van der Waals surface area contributed by atoms with Gasteiger partial charge in [0.25, 0.3) is 0 Å². The third kappa shape index (κ3) is 2.86. The van der Waals surface area contributed by atoms with Crippen molar-refractivity contribution in [3.8, 4) is 11.8 Å². The van der Waals surface area contributed by atoms with Gasteiger partial charge in [0.2, 0.25) is 0 Å². The number of benzene rings is 1. The lowest BCUT2D eigenvalue weighted by Gasteiger charge is -1.94. The van der Waals surface area contributed by atoms with Gasteiger partial charge in [0.15, 0.2) is 0 Å². The number of hydrogen-bond donors (Lipinski definition) is 0. The molecule has 0 saturated carbocycles. The Bertz CT molecular complexity index is 390. The number of carbonyl (C=O) groups is 1. The van der Waals surface area contributed by atoms with Crippen LogP contribution < -0.4 is 0 Å². The molecule has 72 valence electrons. The van der Waals surface area contributed by atoms with Gasteiger partial charge in [-0.05, 0) is 18.2 Å². The van der Waals surface area contributed by atoms with E-state index in [0.29, 0.717) is 24.2 Å². The van der Waals surface area contributed by atoms with Crippen LogP contribution in [0.2, 0.25) is 0 Å². The maximum Gasteiger partial charge on any atom is 0.150 e. The number of alkyl halides is 1. The fourth-order valence-corrected chi connectivity index (χ4v) is 1.01. The molecule has 14 heavy (non-hydrogen) atoms. The molecule has 0 saturated heterocycles. The Kier molecular flexibility index (Phi) is 4.15. The Morgan fingerprint density at radius 2 is 2.29 bits per heavy atom. The second kappa shape index (κ2) is 5.41. The highest BCUT2D eigenvalue weighted by molar-refractivity contribution is 6.18. The zero-order valence-corrected chi connectivity index (χ0v) is 8.14. The topological polar surface area (TPSA) is 17.1 Å². The number of rotatable bonds is 2. The molecule has 0 unspecified atom stereocenters. The van der Waals surface area contributed by atoms with Crippen LogP contribution in [-0.2, 0) is 0 Å². The van der Waals surface area contributed by atoms with E-state index in [1.54, 1.807) is 0 Å². The third-order valence-electron chi connectivity index (χ3n) is 1.57. The van der Waals surface area contributed by atoms with Crippen LogP contribution >= 0.6 is 11.6 Å². The maximum absolute atomic E-state index is 13.1. The van der Waals surface area contributed by atoms with E-state index in [2.05, 4.69) is 11.8 Å². The first-order valence-electron chi connectivity index (χ1n) is 4.07. The van der Waals surface area contributed by atoms with E-state index in [1.165, 1.54) is 18.2 Å². The van der Waals surface area contributed by atoms with Gasteiger partial charge in [0.05, 0.1) is 5.56 Å². The average molecular weight is 211 g/mol. The van der Waals surface area contributed by atoms with E-state index in [9.17, 15) is 9.18 Å². The Hall–Kier alpha value is -1.33. The monoisotopic (exact) mass is 210 g/mol. The SMILES string of the molecule is O=Cc1ccc(F)c(C#CCCCl)c1. The van der Waals surface area contributed by atoms with E-state index in [0.717, 1.165) is 0 Å². The molecule has 0 radical (unpaired) electrons. The zero-order chi connectivity index (χ0) is 10.4. The summed E-state index contributed by atoms with van der Waals surface area (Å²) in [7, 11) is 0. The van der Waals surface area contributed by atoms with Crippen LogP contribution in [-0.4, -0.2) is 12.2 Å². The maximum atomic E-state index is 13.1. The van der Waals surface area contributed by atoms with Crippen LogP contribution in [0.25, 0.3) is 0 Å². The van der Waals surface area contributed by atoms with Crippen LogP contribution in [0.4, 0.5) is 4.39 Å². The second-order valence-electron chi connectivity index (χ2n) is 2.60. The molecule has 0 aliphatic rings. The van der Waals surface area contributed by atoms with Crippen molar-refractivity contribution in [2.75, 3.05) is 5.88 Å². The number of aldehydes is 1. The normalized spacial score (nSPS) is 9.00. The van der Waals surface area contributed by atoms with Gasteiger partial charge in [-0.3, -0.25) is 4.79 Å². The van der Waals surface area contributed by atoms with Crippen molar-refractivity contribution < 1.29 is 9.18 Å². The molecule has 0 amide bonds. The van der Waals surface area contributed by atoms with Crippen molar-refractivity contribution >= 4 is 17.9 Å². The van der Waals surface area contributed by atoms with Gasteiger partial charge in [0.1, 0.15) is 12.1 Å². The highest BCUT2D eigenvalue weighted by Gasteiger charge is 1.99. The summed E-state index contributed by atoms with van der Waals surface area (Å²) in [6, 6.07) is 4.06. The summed E-state index contributed by atoms with van der Waals surface area (Å²) in [6.45, 7) is 0. The molecule has 0 fully saturated rings. The quantitative estimate of drug-likeness (QED) is 0.417. The van der Waals surface area contributed by atoms with E-state index >= 15 is 0 Å².